The SMILES string of the molecule is OC1CCCc2ccc3c(ccc4c(F)cccc43)c21. The topological polar surface area (TPSA) is 20.2 Å². The predicted octanol–water partition coefficient (Wildman–Crippen LogP) is 4.50. The molecule has 3 aromatic rings. The summed E-state index contributed by atoms with van der Waals surface area (Å²) >= 11 is 0. The van der Waals surface area contributed by atoms with Crippen LogP contribution in [0.2, 0.25) is 0 Å². The van der Waals surface area contributed by atoms with Gasteiger partial charge in [0.05, 0.1) is 6.10 Å². The quantitative estimate of drug-likeness (QED) is 0.594. The van der Waals surface area contributed by atoms with Gasteiger partial charge < -0.3 is 5.11 Å². The predicted molar refractivity (Wildman–Crippen MR) is 79.3 cm³/mol. The van der Waals surface area contributed by atoms with E-state index in [-0.39, 0.29) is 5.82 Å². The zero-order chi connectivity index (χ0) is 13.7. The molecule has 0 saturated carbocycles. The van der Waals surface area contributed by atoms with E-state index >= 15 is 0 Å². The first-order chi connectivity index (χ1) is 9.75. The lowest BCUT2D eigenvalue weighted by Crippen LogP contribution is -2.09. The van der Waals surface area contributed by atoms with Crippen LogP contribution in [-0.4, -0.2) is 5.11 Å². The summed E-state index contributed by atoms with van der Waals surface area (Å²) in [5.74, 6) is -0.192. The molecule has 0 amide bonds. The van der Waals surface area contributed by atoms with Crippen molar-refractivity contribution in [2.45, 2.75) is 25.4 Å². The highest BCUT2D eigenvalue weighted by Crippen LogP contribution is 2.38. The van der Waals surface area contributed by atoms with Crippen molar-refractivity contribution in [1.82, 2.24) is 0 Å². The summed E-state index contributed by atoms with van der Waals surface area (Å²) in [5, 5.41) is 14.0. The average molecular weight is 266 g/mol. The van der Waals surface area contributed by atoms with Crippen LogP contribution in [0.5, 0.6) is 0 Å². The van der Waals surface area contributed by atoms with Crippen LogP contribution in [0.3, 0.4) is 0 Å². The van der Waals surface area contributed by atoms with E-state index in [1.54, 1.807) is 6.07 Å². The Morgan fingerprint density at radius 3 is 2.55 bits per heavy atom. The first kappa shape index (κ1) is 11.9. The molecule has 2 heteroatoms. The van der Waals surface area contributed by atoms with E-state index in [1.807, 2.05) is 18.2 Å². The molecule has 1 aliphatic carbocycles. The molecule has 20 heavy (non-hydrogen) atoms. The molecule has 1 unspecified atom stereocenters. The Hall–Kier alpha value is -1.93. The summed E-state index contributed by atoms with van der Waals surface area (Å²) in [7, 11) is 0. The molecule has 0 aromatic heterocycles. The first-order valence-corrected chi connectivity index (χ1v) is 7.06. The monoisotopic (exact) mass is 266 g/mol. The van der Waals surface area contributed by atoms with Gasteiger partial charge in [0.2, 0.25) is 0 Å². The lowest BCUT2D eigenvalue weighted by molar-refractivity contribution is 0.158. The Balaban J connectivity index is 2.15. The van der Waals surface area contributed by atoms with E-state index in [1.165, 1.54) is 11.6 Å². The number of aliphatic hydroxyl groups is 1. The maximum Gasteiger partial charge on any atom is 0.131 e. The van der Waals surface area contributed by atoms with Crippen molar-refractivity contribution in [1.29, 1.82) is 0 Å². The normalized spacial score (nSPS) is 18.4. The summed E-state index contributed by atoms with van der Waals surface area (Å²) in [4.78, 5) is 0. The Kier molecular flexibility index (Phi) is 2.54. The first-order valence-electron chi connectivity index (χ1n) is 7.06. The number of aryl methyl sites for hydroxylation is 1. The molecule has 0 spiro atoms. The fourth-order valence-electron chi connectivity index (χ4n) is 3.45. The van der Waals surface area contributed by atoms with E-state index in [9.17, 15) is 9.50 Å². The van der Waals surface area contributed by atoms with Crippen molar-refractivity contribution in [3.05, 3.63) is 59.4 Å². The number of aliphatic hydroxyl groups excluding tert-OH is 1. The van der Waals surface area contributed by atoms with Crippen LogP contribution in [0, 0.1) is 5.82 Å². The maximum absolute atomic E-state index is 13.9. The zero-order valence-electron chi connectivity index (χ0n) is 11.1. The summed E-state index contributed by atoms with van der Waals surface area (Å²) in [5.41, 5.74) is 2.27. The molecule has 0 fully saturated rings. The number of fused-ring (bicyclic) bond motifs is 5. The van der Waals surface area contributed by atoms with Crippen LogP contribution in [0.4, 0.5) is 4.39 Å². The maximum atomic E-state index is 13.9. The Bertz CT molecular complexity index is 822. The van der Waals surface area contributed by atoms with Gasteiger partial charge in [0, 0.05) is 5.39 Å². The molecule has 1 nitrogen and oxygen atoms in total. The molecule has 0 radical (unpaired) electrons. The van der Waals surface area contributed by atoms with Crippen molar-refractivity contribution in [2.75, 3.05) is 0 Å². The van der Waals surface area contributed by atoms with Gasteiger partial charge in [-0.2, -0.15) is 0 Å². The Morgan fingerprint density at radius 1 is 0.900 bits per heavy atom. The lowest BCUT2D eigenvalue weighted by Gasteiger charge is -2.23. The van der Waals surface area contributed by atoms with Crippen LogP contribution < -0.4 is 0 Å². The molecule has 0 bridgehead atoms. The van der Waals surface area contributed by atoms with Gasteiger partial charge in [0.1, 0.15) is 5.82 Å². The molecule has 1 N–H and O–H groups in total. The van der Waals surface area contributed by atoms with E-state index in [4.69, 9.17) is 0 Å². The van der Waals surface area contributed by atoms with Crippen LogP contribution in [-0.2, 0) is 6.42 Å². The second-order valence-corrected chi connectivity index (χ2v) is 5.54. The average Bonchev–Trinajstić information content (AvgIpc) is 2.47. The van der Waals surface area contributed by atoms with Crippen LogP contribution in [0.1, 0.15) is 30.1 Å². The van der Waals surface area contributed by atoms with Gasteiger partial charge in [0.15, 0.2) is 0 Å². The minimum Gasteiger partial charge on any atom is -0.388 e. The Morgan fingerprint density at radius 2 is 1.65 bits per heavy atom. The molecule has 0 heterocycles. The minimum atomic E-state index is -0.395. The van der Waals surface area contributed by atoms with E-state index in [2.05, 4.69) is 12.1 Å². The molecule has 0 saturated heterocycles. The number of halogens is 1. The summed E-state index contributed by atoms with van der Waals surface area (Å²) in [6.45, 7) is 0. The van der Waals surface area contributed by atoms with Gasteiger partial charge in [-0.05, 0) is 52.6 Å². The molecule has 1 atom stereocenters. The second-order valence-electron chi connectivity index (χ2n) is 5.54. The van der Waals surface area contributed by atoms with Crippen molar-refractivity contribution < 1.29 is 9.50 Å². The number of rotatable bonds is 0. The van der Waals surface area contributed by atoms with Crippen LogP contribution in [0.25, 0.3) is 21.5 Å². The summed E-state index contributed by atoms with van der Waals surface area (Å²) in [6, 6.07) is 13.1. The minimum absolute atomic E-state index is 0.192. The highest BCUT2D eigenvalue weighted by Gasteiger charge is 2.21. The van der Waals surface area contributed by atoms with Crippen LogP contribution in [0.15, 0.2) is 42.5 Å². The lowest BCUT2D eigenvalue weighted by atomic mass is 9.85. The van der Waals surface area contributed by atoms with Crippen molar-refractivity contribution in [3.63, 3.8) is 0 Å². The number of hydrogen-bond donors (Lipinski definition) is 1. The van der Waals surface area contributed by atoms with Gasteiger partial charge in [-0.3, -0.25) is 0 Å². The molecule has 0 aliphatic heterocycles. The van der Waals surface area contributed by atoms with Gasteiger partial charge in [0.25, 0.3) is 0 Å². The number of hydrogen-bond acceptors (Lipinski definition) is 1. The Labute approximate surface area is 116 Å². The van der Waals surface area contributed by atoms with E-state index in [0.717, 1.165) is 41.0 Å². The van der Waals surface area contributed by atoms with Gasteiger partial charge >= 0.3 is 0 Å². The summed E-state index contributed by atoms with van der Waals surface area (Å²) in [6.07, 6.45) is 2.46. The smallest absolute Gasteiger partial charge is 0.131 e. The summed E-state index contributed by atoms with van der Waals surface area (Å²) < 4.78 is 13.9. The molecular weight excluding hydrogens is 251 g/mol. The fourth-order valence-corrected chi connectivity index (χ4v) is 3.45. The van der Waals surface area contributed by atoms with Gasteiger partial charge in [-0.25, -0.2) is 4.39 Å². The molecule has 3 aromatic carbocycles. The zero-order valence-corrected chi connectivity index (χ0v) is 11.1. The van der Waals surface area contributed by atoms with Crippen LogP contribution >= 0.6 is 0 Å². The third-order valence-corrected chi connectivity index (χ3v) is 4.39. The third kappa shape index (κ3) is 1.58. The van der Waals surface area contributed by atoms with Gasteiger partial charge in [-0.15, -0.1) is 0 Å². The van der Waals surface area contributed by atoms with E-state index in [0.29, 0.717) is 5.39 Å². The number of benzene rings is 3. The van der Waals surface area contributed by atoms with Gasteiger partial charge in [-0.1, -0.05) is 36.4 Å². The van der Waals surface area contributed by atoms with E-state index < -0.39 is 6.10 Å². The molecule has 1 aliphatic rings. The highest BCUT2D eigenvalue weighted by atomic mass is 19.1. The van der Waals surface area contributed by atoms with Crippen molar-refractivity contribution >= 4 is 21.5 Å². The second kappa shape index (κ2) is 4.29. The largest absolute Gasteiger partial charge is 0.388 e. The molecule has 100 valence electrons. The highest BCUT2D eigenvalue weighted by molar-refractivity contribution is 6.09. The molecule has 4 rings (SSSR count). The van der Waals surface area contributed by atoms with Crippen molar-refractivity contribution in [3.8, 4) is 0 Å². The standard InChI is InChI=1S/C18H15FO/c19-16-5-2-4-12-13-8-7-11-3-1-6-17(20)18(11)15(13)10-9-14(12)16/h2,4-5,7-10,17,20H,1,3,6H2. The third-order valence-electron chi connectivity index (χ3n) is 4.39. The van der Waals surface area contributed by atoms with Crippen molar-refractivity contribution in [2.24, 2.45) is 0 Å². The fraction of sp³-hybridized carbons (Fsp3) is 0.222. The molecular formula is C18H15FO.